The van der Waals surface area contributed by atoms with Crippen molar-refractivity contribution in [3.05, 3.63) is 32.9 Å². The van der Waals surface area contributed by atoms with Crippen LogP contribution in [0.15, 0.2) is 12.1 Å². The molecule has 2 aromatic rings. The molecule has 0 fully saturated rings. The molecule has 1 aromatic heterocycles. The molecule has 0 unspecified atom stereocenters. The van der Waals surface area contributed by atoms with Crippen molar-refractivity contribution in [2.45, 2.75) is 6.42 Å². The summed E-state index contributed by atoms with van der Waals surface area (Å²) in [6, 6.07) is 3.34. The third kappa shape index (κ3) is 1.86. The highest BCUT2D eigenvalue weighted by atomic mass is 35.5. The lowest BCUT2D eigenvalue weighted by atomic mass is 10.1. The Morgan fingerprint density at radius 1 is 1.31 bits per heavy atom. The van der Waals surface area contributed by atoms with Crippen LogP contribution in [0.1, 0.15) is 5.56 Å². The van der Waals surface area contributed by atoms with Crippen LogP contribution in [-0.2, 0) is 11.2 Å². The van der Waals surface area contributed by atoms with Gasteiger partial charge in [0, 0.05) is 16.5 Å². The number of aromatic amines is 1. The zero-order valence-corrected chi connectivity index (χ0v) is 10.1. The van der Waals surface area contributed by atoms with Gasteiger partial charge >= 0.3 is 5.97 Å². The van der Waals surface area contributed by atoms with Gasteiger partial charge in [0.05, 0.1) is 16.5 Å². The fourth-order valence-electron chi connectivity index (χ4n) is 1.57. The number of halogens is 3. The van der Waals surface area contributed by atoms with Crippen LogP contribution < -0.4 is 0 Å². The van der Waals surface area contributed by atoms with Crippen LogP contribution in [0.2, 0.25) is 15.2 Å². The number of carboxylic acids is 1. The first-order valence-electron chi connectivity index (χ1n) is 4.36. The van der Waals surface area contributed by atoms with Gasteiger partial charge in [-0.05, 0) is 12.1 Å². The molecule has 0 spiro atoms. The molecule has 0 aliphatic carbocycles. The number of fused-ring (bicyclic) bond motifs is 1. The van der Waals surface area contributed by atoms with Gasteiger partial charge in [-0.1, -0.05) is 34.8 Å². The molecule has 3 nitrogen and oxygen atoms in total. The zero-order valence-electron chi connectivity index (χ0n) is 7.85. The maximum absolute atomic E-state index is 10.7. The lowest BCUT2D eigenvalue weighted by Crippen LogP contribution is -1.99. The molecule has 0 amide bonds. The monoisotopic (exact) mass is 277 g/mol. The summed E-state index contributed by atoms with van der Waals surface area (Å²) >= 11 is 17.8. The van der Waals surface area contributed by atoms with E-state index in [1.807, 2.05) is 0 Å². The smallest absolute Gasteiger partial charge is 0.307 e. The summed E-state index contributed by atoms with van der Waals surface area (Å²) in [7, 11) is 0. The summed E-state index contributed by atoms with van der Waals surface area (Å²) in [5.74, 6) is -0.973. The van der Waals surface area contributed by atoms with Gasteiger partial charge < -0.3 is 10.1 Å². The fraction of sp³-hybridized carbons (Fsp3) is 0.100. The summed E-state index contributed by atoms with van der Waals surface area (Å²) in [4.78, 5) is 13.6. The van der Waals surface area contributed by atoms with Crippen LogP contribution in [0, 0.1) is 0 Å². The van der Waals surface area contributed by atoms with Crippen molar-refractivity contribution in [3.8, 4) is 0 Å². The second kappa shape index (κ2) is 4.17. The summed E-state index contributed by atoms with van der Waals surface area (Å²) in [6.07, 6.45) is -0.196. The van der Waals surface area contributed by atoms with E-state index in [0.29, 0.717) is 26.5 Å². The first-order valence-corrected chi connectivity index (χ1v) is 5.50. The minimum absolute atomic E-state index is 0.196. The van der Waals surface area contributed by atoms with Crippen LogP contribution in [-0.4, -0.2) is 16.1 Å². The number of hydrogen-bond donors (Lipinski definition) is 2. The number of aliphatic carboxylic acids is 1. The quantitative estimate of drug-likeness (QED) is 0.879. The van der Waals surface area contributed by atoms with E-state index >= 15 is 0 Å². The molecule has 1 aromatic carbocycles. The van der Waals surface area contributed by atoms with Crippen LogP contribution >= 0.6 is 34.8 Å². The van der Waals surface area contributed by atoms with E-state index in [9.17, 15) is 4.79 Å². The van der Waals surface area contributed by atoms with Gasteiger partial charge in [0.25, 0.3) is 0 Å². The van der Waals surface area contributed by atoms with E-state index in [1.54, 1.807) is 12.1 Å². The van der Waals surface area contributed by atoms with E-state index < -0.39 is 5.97 Å². The van der Waals surface area contributed by atoms with Gasteiger partial charge in [-0.3, -0.25) is 4.79 Å². The highest BCUT2D eigenvalue weighted by Gasteiger charge is 2.16. The van der Waals surface area contributed by atoms with E-state index in [2.05, 4.69) is 4.98 Å². The van der Waals surface area contributed by atoms with Gasteiger partial charge in [-0.15, -0.1) is 0 Å². The molecule has 1 heterocycles. The standard InChI is InChI=1S/C10H6Cl3NO2/c11-5-1-2-6-8(9(5)12)4(3-7(15)16)10(13)14-6/h1-2,14H,3H2,(H,15,16). The Morgan fingerprint density at radius 2 is 2.00 bits per heavy atom. The van der Waals surface area contributed by atoms with Crippen molar-refractivity contribution in [3.63, 3.8) is 0 Å². The maximum Gasteiger partial charge on any atom is 0.307 e. The number of rotatable bonds is 2. The molecule has 0 bridgehead atoms. The van der Waals surface area contributed by atoms with E-state index in [-0.39, 0.29) is 11.6 Å². The highest BCUT2D eigenvalue weighted by molar-refractivity contribution is 6.46. The molecule has 0 aliphatic rings. The number of benzene rings is 1. The third-order valence-electron chi connectivity index (χ3n) is 2.23. The SMILES string of the molecule is O=C(O)Cc1c(Cl)[nH]c2ccc(Cl)c(Cl)c12. The minimum atomic E-state index is -0.973. The lowest BCUT2D eigenvalue weighted by molar-refractivity contribution is -0.136. The number of nitrogens with one attached hydrogen (secondary N) is 1. The molecule has 16 heavy (non-hydrogen) atoms. The normalized spacial score (nSPS) is 10.9. The van der Waals surface area contributed by atoms with Crippen molar-refractivity contribution in [2.75, 3.05) is 0 Å². The molecule has 84 valence electrons. The molecule has 2 N–H and O–H groups in total. The Bertz CT molecular complexity index is 577. The molecule has 0 radical (unpaired) electrons. The van der Waals surface area contributed by atoms with Gasteiger partial charge in [0.15, 0.2) is 0 Å². The van der Waals surface area contributed by atoms with Gasteiger partial charge in [0.1, 0.15) is 5.15 Å². The van der Waals surface area contributed by atoms with Crippen LogP contribution in [0.5, 0.6) is 0 Å². The zero-order chi connectivity index (χ0) is 11.9. The second-order valence-corrected chi connectivity index (χ2v) is 4.44. The second-order valence-electron chi connectivity index (χ2n) is 3.27. The topological polar surface area (TPSA) is 53.1 Å². The Labute approximate surface area is 106 Å². The van der Waals surface area contributed by atoms with Crippen molar-refractivity contribution in [1.29, 1.82) is 0 Å². The number of H-pyrrole nitrogens is 1. The van der Waals surface area contributed by atoms with Gasteiger partial charge in [-0.2, -0.15) is 0 Å². The largest absolute Gasteiger partial charge is 0.481 e. The van der Waals surface area contributed by atoms with Crippen LogP contribution in [0.3, 0.4) is 0 Å². The maximum atomic E-state index is 10.7. The first kappa shape index (κ1) is 11.6. The molecule has 0 saturated heterocycles. The van der Waals surface area contributed by atoms with Crippen molar-refractivity contribution in [2.24, 2.45) is 0 Å². The Hall–Kier alpha value is -0.900. The Kier molecular flexibility index (Phi) is 3.02. The van der Waals surface area contributed by atoms with Crippen molar-refractivity contribution >= 4 is 51.7 Å². The van der Waals surface area contributed by atoms with E-state index in [0.717, 1.165) is 0 Å². The Morgan fingerprint density at radius 3 is 2.62 bits per heavy atom. The minimum Gasteiger partial charge on any atom is -0.481 e. The number of carboxylic acid groups (broad SMARTS) is 1. The first-order chi connectivity index (χ1) is 7.50. The molecule has 0 aliphatic heterocycles. The third-order valence-corrected chi connectivity index (χ3v) is 3.36. The fourth-order valence-corrected chi connectivity index (χ4v) is 2.27. The van der Waals surface area contributed by atoms with Gasteiger partial charge in [0.2, 0.25) is 0 Å². The average Bonchev–Trinajstić information content (AvgIpc) is 2.50. The van der Waals surface area contributed by atoms with E-state index in [1.165, 1.54) is 0 Å². The number of aromatic nitrogens is 1. The predicted molar refractivity (Wildman–Crippen MR) is 64.7 cm³/mol. The van der Waals surface area contributed by atoms with Crippen LogP contribution in [0.4, 0.5) is 0 Å². The summed E-state index contributed by atoms with van der Waals surface area (Å²) in [5.41, 5.74) is 1.13. The molecular weight excluding hydrogens is 272 g/mol. The summed E-state index contributed by atoms with van der Waals surface area (Å²) in [5, 5.41) is 10.3. The lowest BCUT2D eigenvalue weighted by Gasteiger charge is -2.00. The molecule has 0 saturated carbocycles. The molecule has 6 heteroatoms. The number of hydrogen-bond acceptors (Lipinski definition) is 1. The summed E-state index contributed by atoms with van der Waals surface area (Å²) in [6.45, 7) is 0. The average molecular weight is 279 g/mol. The predicted octanol–water partition coefficient (Wildman–Crippen LogP) is 3.76. The molecule has 2 rings (SSSR count). The van der Waals surface area contributed by atoms with Crippen molar-refractivity contribution in [1.82, 2.24) is 4.98 Å². The number of carbonyl (C=O) groups is 1. The molecular formula is C10H6Cl3NO2. The van der Waals surface area contributed by atoms with E-state index in [4.69, 9.17) is 39.9 Å². The highest BCUT2D eigenvalue weighted by Crippen LogP contribution is 2.36. The van der Waals surface area contributed by atoms with Gasteiger partial charge in [-0.25, -0.2) is 0 Å². The Balaban J connectivity index is 2.76. The molecule has 0 atom stereocenters. The van der Waals surface area contributed by atoms with Crippen LogP contribution in [0.25, 0.3) is 10.9 Å². The van der Waals surface area contributed by atoms with Crippen molar-refractivity contribution < 1.29 is 9.90 Å². The summed E-state index contributed by atoms with van der Waals surface area (Å²) < 4.78 is 0.